The number of hydrogen-bond acceptors (Lipinski definition) is 5. The van der Waals surface area contributed by atoms with Gasteiger partial charge in [0.25, 0.3) is 5.91 Å². The van der Waals surface area contributed by atoms with Crippen LogP contribution in [-0.4, -0.2) is 38.4 Å². The highest BCUT2D eigenvalue weighted by Crippen LogP contribution is 2.23. The molecule has 0 aliphatic carbocycles. The van der Waals surface area contributed by atoms with Crippen LogP contribution in [0.1, 0.15) is 30.1 Å². The third kappa shape index (κ3) is 3.66. The van der Waals surface area contributed by atoms with Crippen molar-refractivity contribution >= 4 is 27.1 Å². The smallest absolute Gasteiger partial charge is 0.251 e. The van der Waals surface area contributed by atoms with Crippen molar-refractivity contribution < 1.29 is 13.2 Å². The van der Waals surface area contributed by atoms with Crippen LogP contribution in [0.15, 0.2) is 18.2 Å². The Morgan fingerprint density at radius 2 is 2.19 bits per heavy atom. The Hall–Kier alpha value is -1.76. The highest BCUT2D eigenvalue weighted by Gasteiger charge is 2.30. The molecule has 6 nitrogen and oxygen atoms in total. The predicted octanol–water partition coefficient (Wildman–Crippen LogP) is 1.01. The highest BCUT2D eigenvalue weighted by atomic mass is 32.2. The fourth-order valence-corrected chi connectivity index (χ4v) is 4.20. The Morgan fingerprint density at radius 1 is 1.43 bits per heavy atom. The van der Waals surface area contributed by atoms with Gasteiger partial charge in [-0.3, -0.25) is 4.79 Å². The van der Waals surface area contributed by atoms with Crippen molar-refractivity contribution in [2.24, 2.45) is 0 Å². The summed E-state index contributed by atoms with van der Waals surface area (Å²) in [7, 11) is -2.97. The third-order valence-electron chi connectivity index (χ3n) is 3.63. The van der Waals surface area contributed by atoms with E-state index in [0.29, 0.717) is 36.4 Å². The Morgan fingerprint density at radius 3 is 2.76 bits per heavy atom. The van der Waals surface area contributed by atoms with E-state index in [1.165, 1.54) is 0 Å². The van der Waals surface area contributed by atoms with Crippen molar-refractivity contribution in [1.82, 2.24) is 5.32 Å². The number of sulfone groups is 1. The van der Waals surface area contributed by atoms with Crippen LogP contribution < -0.4 is 16.4 Å². The topological polar surface area (TPSA) is 101 Å². The van der Waals surface area contributed by atoms with E-state index < -0.39 is 9.84 Å². The lowest BCUT2D eigenvalue weighted by Gasteiger charge is -2.14. The molecule has 0 aromatic heterocycles. The molecule has 1 unspecified atom stereocenters. The minimum absolute atomic E-state index is 0.172. The zero-order chi connectivity index (χ0) is 15.5. The van der Waals surface area contributed by atoms with Crippen LogP contribution in [-0.2, 0) is 9.84 Å². The quantitative estimate of drug-likeness (QED) is 0.704. The number of rotatable bonds is 5. The van der Waals surface area contributed by atoms with E-state index in [9.17, 15) is 13.2 Å². The van der Waals surface area contributed by atoms with Gasteiger partial charge in [0.15, 0.2) is 9.84 Å². The van der Waals surface area contributed by atoms with Crippen molar-refractivity contribution in [2.45, 2.75) is 25.0 Å². The standard InChI is InChI=1S/C14H21N3O3S/c1-2-16-14(18)10-5-6-13(12(15)8-10)17-9-11-4-3-7-21(11,19)20/h5-6,8,11,17H,2-4,7,9,15H2,1H3,(H,16,18). The summed E-state index contributed by atoms with van der Waals surface area (Å²) in [5.41, 5.74) is 7.51. The number of nitrogens with two attached hydrogens (primary N) is 1. The number of hydrogen-bond donors (Lipinski definition) is 3. The van der Waals surface area contributed by atoms with E-state index in [0.717, 1.165) is 6.42 Å². The van der Waals surface area contributed by atoms with E-state index in [-0.39, 0.29) is 16.9 Å². The molecule has 0 bridgehead atoms. The second kappa shape index (κ2) is 6.34. The van der Waals surface area contributed by atoms with E-state index in [2.05, 4.69) is 10.6 Å². The second-order valence-electron chi connectivity index (χ2n) is 5.17. The number of benzene rings is 1. The average Bonchev–Trinajstić information content (AvgIpc) is 2.76. The summed E-state index contributed by atoms with van der Waals surface area (Å²) in [5.74, 6) is 0.0967. The summed E-state index contributed by atoms with van der Waals surface area (Å²) >= 11 is 0. The van der Waals surface area contributed by atoms with Gasteiger partial charge >= 0.3 is 0 Å². The molecular weight excluding hydrogens is 290 g/mol. The molecule has 1 fully saturated rings. The second-order valence-corrected chi connectivity index (χ2v) is 7.57. The third-order valence-corrected chi connectivity index (χ3v) is 5.91. The minimum Gasteiger partial charge on any atom is -0.397 e. The molecule has 1 heterocycles. The molecular formula is C14H21N3O3S. The molecule has 1 aromatic carbocycles. The molecule has 1 aliphatic rings. The molecule has 21 heavy (non-hydrogen) atoms. The Bertz CT molecular complexity index is 628. The molecule has 7 heteroatoms. The van der Waals surface area contributed by atoms with Gasteiger partial charge in [-0.05, 0) is 38.0 Å². The maximum absolute atomic E-state index is 11.8. The first-order chi connectivity index (χ1) is 9.94. The van der Waals surface area contributed by atoms with Crippen molar-refractivity contribution in [3.05, 3.63) is 23.8 Å². The summed E-state index contributed by atoms with van der Waals surface area (Å²) in [4.78, 5) is 11.7. The van der Waals surface area contributed by atoms with Gasteiger partial charge in [0.05, 0.1) is 22.4 Å². The van der Waals surface area contributed by atoms with Crippen LogP contribution in [0.3, 0.4) is 0 Å². The molecule has 0 saturated carbocycles. The number of amides is 1. The van der Waals surface area contributed by atoms with Crippen LogP contribution >= 0.6 is 0 Å². The SMILES string of the molecule is CCNC(=O)c1ccc(NCC2CCCS2(=O)=O)c(N)c1. The van der Waals surface area contributed by atoms with Gasteiger partial charge < -0.3 is 16.4 Å². The lowest BCUT2D eigenvalue weighted by Crippen LogP contribution is -2.25. The van der Waals surface area contributed by atoms with Crippen LogP contribution in [0.2, 0.25) is 0 Å². The monoisotopic (exact) mass is 311 g/mol. The highest BCUT2D eigenvalue weighted by molar-refractivity contribution is 7.92. The van der Waals surface area contributed by atoms with Crippen molar-refractivity contribution in [3.63, 3.8) is 0 Å². The summed E-state index contributed by atoms with van der Waals surface area (Å²) in [6.45, 7) is 2.75. The molecule has 1 atom stereocenters. The first-order valence-corrected chi connectivity index (χ1v) is 8.78. The molecule has 2 rings (SSSR count). The van der Waals surface area contributed by atoms with Gasteiger partial charge in [-0.25, -0.2) is 8.42 Å². The molecule has 4 N–H and O–H groups in total. The molecule has 0 radical (unpaired) electrons. The maximum Gasteiger partial charge on any atom is 0.251 e. The first-order valence-electron chi connectivity index (χ1n) is 7.07. The van der Waals surface area contributed by atoms with Gasteiger partial charge in [0, 0.05) is 18.7 Å². The zero-order valence-corrected chi connectivity index (χ0v) is 12.9. The Labute approximate surface area is 125 Å². The van der Waals surface area contributed by atoms with Crippen LogP contribution in [0, 0.1) is 0 Å². The van der Waals surface area contributed by atoms with Gasteiger partial charge in [-0.2, -0.15) is 0 Å². The summed E-state index contributed by atoms with van der Waals surface area (Å²) in [6.07, 6.45) is 1.41. The first kappa shape index (κ1) is 15.6. The lowest BCUT2D eigenvalue weighted by molar-refractivity contribution is 0.0956. The fraction of sp³-hybridized carbons (Fsp3) is 0.500. The van der Waals surface area contributed by atoms with Gasteiger partial charge in [0.1, 0.15) is 0 Å². The molecule has 1 amide bonds. The van der Waals surface area contributed by atoms with Gasteiger partial charge in [-0.15, -0.1) is 0 Å². The molecule has 0 spiro atoms. The molecule has 1 aromatic rings. The van der Waals surface area contributed by atoms with Gasteiger partial charge in [-0.1, -0.05) is 0 Å². The number of nitrogen functional groups attached to an aromatic ring is 1. The van der Waals surface area contributed by atoms with E-state index in [4.69, 9.17) is 5.73 Å². The molecule has 1 saturated heterocycles. The number of anilines is 2. The molecule has 1 aliphatic heterocycles. The largest absolute Gasteiger partial charge is 0.397 e. The van der Waals surface area contributed by atoms with Gasteiger partial charge in [0.2, 0.25) is 0 Å². The lowest BCUT2D eigenvalue weighted by atomic mass is 10.1. The zero-order valence-electron chi connectivity index (χ0n) is 12.1. The van der Waals surface area contributed by atoms with Crippen molar-refractivity contribution in [2.75, 3.05) is 29.9 Å². The fourth-order valence-electron chi connectivity index (χ4n) is 2.44. The van der Waals surface area contributed by atoms with Crippen LogP contribution in [0.5, 0.6) is 0 Å². The van der Waals surface area contributed by atoms with E-state index in [1.807, 2.05) is 6.92 Å². The number of nitrogens with one attached hydrogen (secondary N) is 2. The summed E-state index contributed by atoms with van der Waals surface area (Å²) < 4.78 is 23.5. The summed E-state index contributed by atoms with van der Waals surface area (Å²) in [6, 6.07) is 4.98. The van der Waals surface area contributed by atoms with Crippen LogP contribution in [0.25, 0.3) is 0 Å². The predicted molar refractivity (Wildman–Crippen MR) is 84.2 cm³/mol. The van der Waals surface area contributed by atoms with Crippen molar-refractivity contribution in [1.29, 1.82) is 0 Å². The van der Waals surface area contributed by atoms with E-state index in [1.54, 1.807) is 18.2 Å². The Balaban J connectivity index is 2.03. The minimum atomic E-state index is -2.97. The normalized spacial score (nSPS) is 20.1. The Kier molecular flexibility index (Phi) is 4.72. The summed E-state index contributed by atoms with van der Waals surface area (Å²) in [5, 5.41) is 5.43. The number of carbonyl (C=O) groups is 1. The maximum atomic E-state index is 11.8. The van der Waals surface area contributed by atoms with Crippen LogP contribution in [0.4, 0.5) is 11.4 Å². The molecule has 116 valence electrons. The van der Waals surface area contributed by atoms with E-state index >= 15 is 0 Å². The number of carbonyl (C=O) groups excluding carboxylic acids is 1. The average molecular weight is 311 g/mol. The van der Waals surface area contributed by atoms with Crippen molar-refractivity contribution in [3.8, 4) is 0 Å².